The summed E-state index contributed by atoms with van der Waals surface area (Å²) in [5.74, 6) is 1.49. The van der Waals surface area contributed by atoms with Crippen molar-refractivity contribution in [3.63, 3.8) is 0 Å². The number of thiazole rings is 1. The summed E-state index contributed by atoms with van der Waals surface area (Å²) in [6.07, 6.45) is 6.83. The van der Waals surface area contributed by atoms with Crippen molar-refractivity contribution in [3.05, 3.63) is 59.7 Å². The van der Waals surface area contributed by atoms with Gasteiger partial charge in [0.05, 0.1) is 26.0 Å². The van der Waals surface area contributed by atoms with Crippen molar-refractivity contribution in [2.45, 2.75) is 30.3 Å². The number of hydrogen-bond acceptors (Lipinski definition) is 7. The molecule has 1 aliphatic heterocycles. The highest BCUT2D eigenvalue weighted by molar-refractivity contribution is 7.98. The normalized spacial score (nSPS) is 15.1. The third-order valence-electron chi connectivity index (χ3n) is 6.68. The van der Waals surface area contributed by atoms with E-state index in [2.05, 4.69) is 15.1 Å². The first-order valence-electron chi connectivity index (χ1n) is 12.6. The zero-order valence-corrected chi connectivity index (χ0v) is 23.4. The molecule has 1 aliphatic rings. The Morgan fingerprint density at radius 1 is 1.24 bits per heavy atom. The van der Waals surface area contributed by atoms with E-state index in [1.54, 1.807) is 37.3 Å². The summed E-state index contributed by atoms with van der Waals surface area (Å²) < 4.78 is 18.9. The van der Waals surface area contributed by atoms with Crippen molar-refractivity contribution in [2.75, 3.05) is 45.5 Å². The molecule has 1 atom stereocenters. The molecule has 4 aromatic rings. The van der Waals surface area contributed by atoms with E-state index in [-0.39, 0.29) is 12.1 Å². The fraction of sp³-hybridized carbons (Fsp3) is 0.357. The number of urea groups is 1. The summed E-state index contributed by atoms with van der Waals surface area (Å²) in [4.78, 5) is 22.1. The number of rotatable bonds is 10. The Bertz CT molecular complexity index is 1380. The van der Waals surface area contributed by atoms with Gasteiger partial charge in [0.15, 0.2) is 4.96 Å². The Balaban J connectivity index is 1.33. The van der Waals surface area contributed by atoms with Gasteiger partial charge in [-0.05, 0) is 61.6 Å². The second-order valence-electron chi connectivity index (χ2n) is 9.06. The lowest BCUT2D eigenvalue weighted by molar-refractivity contribution is 0.0838. The smallest absolute Gasteiger partial charge is 0.321 e. The molecule has 1 N–H and O–H groups in total. The maximum Gasteiger partial charge on any atom is 0.321 e. The molecule has 5 rings (SSSR count). The van der Waals surface area contributed by atoms with Gasteiger partial charge in [-0.3, -0.25) is 4.40 Å². The van der Waals surface area contributed by atoms with Crippen LogP contribution in [0.2, 0.25) is 0 Å². The Hall–Kier alpha value is -3.21. The summed E-state index contributed by atoms with van der Waals surface area (Å²) in [6, 6.07) is 13.5. The first kappa shape index (κ1) is 26.4. The molecule has 0 aliphatic carbocycles. The van der Waals surface area contributed by atoms with Crippen molar-refractivity contribution in [1.82, 2.24) is 14.3 Å². The Labute approximate surface area is 230 Å². The number of thioether (sulfide) groups is 1. The van der Waals surface area contributed by atoms with Gasteiger partial charge >= 0.3 is 6.03 Å². The molecule has 0 spiro atoms. The van der Waals surface area contributed by atoms with E-state index in [0.29, 0.717) is 19.5 Å². The van der Waals surface area contributed by atoms with Gasteiger partial charge in [0.1, 0.15) is 11.5 Å². The highest BCUT2D eigenvalue weighted by Crippen LogP contribution is 2.34. The van der Waals surface area contributed by atoms with E-state index in [0.717, 1.165) is 63.4 Å². The first-order chi connectivity index (χ1) is 18.6. The summed E-state index contributed by atoms with van der Waals surface area (Å²) in [7, 11) is 3.30. The predicted molar refractivity (Wildman–Crippen MR) is 153 cm³/mol. The molecule has 2 amide bonds. The van der Waals surface area contributed by atoms with E-state index < -0.39 is 0 Å². The minimum absolute atomic E-state index is 0.0717. The van der Waals surface area contributed by atoms with Crippen LogP contribution in [-0.2, 0) is 11.2 Å². The van der Waals surface area contributed by atoms with Gasteiger partial charge in [-0.2, -0.15) is 0 Å². The molecule has 1 saturated heterocycles. The summed E-state index contributed by atoms with van der Waals surface area (Å²) in [5, 5.41) is 5.17. The molecule has 1 fully saturated rings. The molecule has 2 aromatic carbocycles. The van der Waals surface area contributed by atoms with Crippen LogP contribution in [0.4, 0.5) is 10.5 Å². The topological polar surface area (TPSA) is 77.3 Å². The van der Waals surface area contributed by atoms with E-state index >= 15 is 0 Å². The number of anilines is 1. The quantitative estimate of drug-likeness (QED) is 0.241. The van der Waals surface area contributed by atoms with Crippen LogP contribution in [0.1, 0.15) is 18.5 Å². The monoisotopic (exact) mass is 552 g/mol. The molecule has 200 valence electrons. The minimum atomic E-state index is -0.115. The molecule has 0 radical (unpaired) electrons. The van der Waals surface area contributed by atoms with Gasteiger partial charge in [0.25, 0.3) is 0 Å². The number of amides is 2. The fourth-order valence-electron chi connectivity index (χ4n) is 4.59. The molecule has 2 aromatic heterocycles. The SMILES string of the molecule is COc1ccc(OC)c(-c2cn3c(CCN(CC4CCCO4)C(=O)Nc4ccc(SC)cc4)csc3n2)c1. The summed E-state index contributed by atoms with van der Waals surface area (Å²) in [6.45, 7) is 1.89. The Kier molecular flexibility index (Phi) is 8.41. The lowest BCUT2D eigenvalue weighted by Gasteiger charge is -2.25. The number of carbonyl (C=O) groups is 1. The predicted octanol–water partition coefficient (Wildman–Crippen LogP) is 6.06. The number of fused-ring (bicyclic) bond motifs is 1. The van der Waals surface area contributed by atoms with Gasteiger partial charge in [-0.25, -0.2) is 9.78 Å². The Morgan fingerprint density at radius 3 is 2.79 bits per heavy atom. The average Bonchev–Trinajstić information content (AvgIpc) is 3.69. The summed E-state index contributed by atoms with van der Waals surface area (Å²) >= 11 is 3.26. The van der Waals surface area contributed by atoms with Crippen molar-refractivity contribution in [1.29, 1.82) is 0 Å². The number of ether oxygens (including phenoxy) is 3. The van der Waals surface area contributed by atoms with E-state index in [4.69, 9.17) is 19.2 Å². The van der Waals surface area contributed by atoms with Crippen LogP contribution in [0.3, 0.4) is 0 Å². The molecule has 8 nitrogen and oxygen atoms in total. The number of benzene rings is 2. The second kappa shape index (κ2) is 12.1. The first-order valence-corrected chi connectivity index (χ1v) is 14.7. The lowest BCUT2D eigenvalue weighted by Crippen LogP contribution is -2.41. The highest BCUT2D eigenvalue weighted by Gasteiger charge is 2.23. The number of nitrogens with one attached hydrogen (secondary N) is 1. The van der Waals surface area contributed by atoms with Crippen LogP contribution in [0.15, 0.2) is 58.9 Å². The van der Waals surface area contributed by atoms with Gasteiger partial charge in [0.2, 0.25) is 0 Å². The highest BCUT2D eigenvalue weighted by atomic mass is 32.2. The van der Waals surface area contributed by atoms with Gasteiger partial charge in [-0.15, -0.1) is 23.1 Å². The molecule has 10 heteroatoms. The molecule has 0 bridgehead atoms. The van der Waals surface area contributed by atoms with Gasteiger partial charge < -0.3 is 24.4 Å². The van der Waals surface area contributed by atoms with Crippen molar-refractivity contribution in [2.24, 2.45) is 0 Å². The second-order valence-corrected chi connectivity index (χ2v) is 10.8. The molecular formula is C28H32N4O4S2. The van der Waals surface area contributed by atoms with E-state index in [1.807, 2.05) is 59.8 Å². The number of aromatic nitrogens is 2. The standard InChI is InChI=1S/C28H32N4O4S2/c1-34-21-8-11-26(35-2)24(15-21)25-17-32-20(18-38-28(32)30-25)12-13-31(16-22-5-4-14-36-22)27(33)29-19-6-9-23(37-3)10-7-19/h6-11,15,17-18,22H,4-5,12-14,16H2,1-3H3,(H,29,33). The third-order valence-corrected chi connectivity index (χ3v) is 8.31. The minimum Gasteiger partial charge on any atom is -0.497 e. The number of nitrogens with zero attached hydrogens (tertiary/aromatic N) is 3. The van der Waals surface area contributed by atoms with E-state index in [1.165, 1.54) is 0 Å². The number of carbonyl (C=O) groups excluding carboxylic acids is 1. The molecular weight excluding hydrogens is 520 g/mol. The van der Waals surface area contributed by atoms with E-state index in [9.17, 15) is 4.79 Å². The van der Waals surface area contributed by atoms with Crippen LogP contribution in [-0.4, -0.2) is 66.6 Å². The Morgan fingerprint density at radius 2 is 2.08 bits per heavy atom. The molecule has 3 heterocycles. The van der Waals surface area contributed by atoms with Crippen LogP contribution in [0, 0.1) is 0 Å². The van der Waals surface area contributed by atoms with Crippen LogP contribution in [0.5, 0.6) is 11.5 Å². The maximum absolute atomic E-state index is 13.3. The molecule has 38 heavy (non-hydrogen) atoms. The van der Waals surface area contributed by atoms with Crippen molar-refractivity contribution >= 4 is 39.8 Å². The number of methoxy groups -OCH3 is 2. The van der Waals surface area contributed by atoms with Crippen LogP contribution < -0.4 is 14.8 Å². The number of imidazole rings is 1. The van der Waals surface area contributed by atoms with Gasteiger partial charge in [-0.1, -0.05) is 0 Å². The average molecular weight is 553 g/mol. The van der Waals surface area contributed by atoms with Gasteiger partial charge in [0, 0.05) is 59.5 Å². The molecule has 0 saturated carbocycles. The number of hydrogen-bond donors (Lipinski definition) is 1. The van der Waals surface area contributed by atoms with Crippen LogP contribution >= 0.6 is 23.1 Å². The third kappa shape index (κ3) is 5.92. The molecule has 1 unspecified atom stereocenters. The fourth-order valence-corrected chi connectivity index (χ4v) is 5.91. The zero-order valence-electron chi connectivity index (χ0n) is 21.8. The van der Waals surface area contributed by atoms with Crippen molar-refractivity contribution in [3.8, 4) is 22.8 Å². The zero-order chi connectivity index (χ0) is 26.5. The van der Waals surface area contributed by atoms with Crippen LogP contribution in [0.25, 0.3) is 16.2 Å². The summed E-state index contributed by atoms with van der Waals surface area (Å²) in [5.41, 5.74) is 3.58. The maximum atomic E-state index is 13.3. The lowest BCUT2D eigenvalue weighted by atomic mass is 10.1. The van der Waals surface area contributed by atoms with Crippen molar-refractivity contribution < 1.29 is 19.0 Å². The largest absolute Gasteiger partial charge is 0.497 e.